The smallest absolute Gasteiger partial charge is 0.258 e. The summed E-state index contributed by atoms with van der Waals surface area (Å²) in [6, 6.07) is 11.1. The van der Waals surface area contributed by atoms with Gasteiger partial charge in [-0.3, -0.25) is 4.79 Å². The highest BCUT2D eigenvalue weighted by atomic mass is 32.2. The Morgan fingerprint density at radius 2 is 1.60 bits per heavy atom. The second kappa shape index (κ2) is 7.17. The van der Waals surface area contributed by atoms with Gasteiger partial charge in [-0.05, 0) is 62.1 Å². The molecule has 1 amide bonds. The molecule has 2 aromatic rings. The number of benzene rings is 2. The molecule has 0 bridgehead atoms. The van der Waals surface area contributed by atoms with E-state index in [0.717, 1.165) is 38.5 Å². The van der Waals surface area contributed by atoms with Crippen LogP contribution >= 0.6 is 0 Å². The van der Waals surface area contributed by atoms with Crippen molar-refractivity contribution in [1.29, 1.82) is 0 Å². The zero-order chi connectivity index (χ0) is 20.9. The molecule has 3 aliphatic rings. The van der Waals surface area contributed by atoms with Gasteiger partial charge in [-0.1, -0.05) is 18.9 Å². The van der Waals surface area contributed by atoms with Gasteiger partial charge in [0.05, 0.1) is 10.6 Å². The quantitative estimate of drug-likeness (QED) is 0.740. The summed E-state index contributed by atoms with van der Waals surface area (Å²) in [6.07, 6.45) is 5.61. The normalized spacial score (nSPS) is 20.8. The third-order valence-corrected chi connectivity index (χ3v) is 8.80. The lowest BCUT2D eigenvalue weighted by atomic mass is 9.80. The number of hydrogen-bond donors (Lipinski definition) is 0. The summed E-state index contributed by atoms with van der Waals surface area (Å²) in [7, 11) is -3.51. The molecule has 0 atom stereocenters. The van der Waals surface area contributed by atoms with Crippen molar-refractivity contribution in [2.24, 2.45) is 0 Å². The van der Waals surface area contributed by atoms with Crippen LogP contribution in [0.3, 0.4) is 0 Å². The Morgan fingerprint density at radius 3 is 2.27 bits per heavy atom. The molecule has 2 fully saturated rings. The number of halogens is 1. The lowest BCUT2D eigenvalue weighted by Crippen LogP contribution is -2.35. The lowest BCUT2D eigenvalue weighted by molar-refractivity contribution is 0.0985. The number of sulfonamides is 1. The van der Waals surface area contributed by atoms with E-state index in [0.29, 0.717) is 36.4 Å². The first-order valence-corrected chi connectivity index (χ1v) is 12.1. The number of nitrogens with zero attached hydrogens (tertiary/aromatic N) is 2. The van der Waals surface area contributed by atoms with Crippen LogP contribution in [0, 0.1) is 5.82 Å². The van der Waals surface area contributed by atoms with Gasteiger partial charge < -0.3 is 4.90 Å². The fourth-order valence-electron chi connectivity index (χ4n) is 5.37. The number of carbonyl (C=O) groups is 1. The largest absolute Gasteiger partial charge is 0.307 e. The molecule has 1 spiro atoms. The van der Waals surface area contributed by atoms with Gasteiger partial charge in [-0.25, -0.2) is 12.8 Å². The number of fused-ring (bicyclic) bond motifs is 2. The summed E-state index contributed by atoms with van der Waals surface area (Å²) >= 11 is 0. The second-order valence-electron chi connectivity index (χ2n) is 8.65. The fourth-order valence-corrected chi connectivity index (χ4v) is 6.89. The van der Waals surface area contributed by atoms with Crippen LogP contribution in [0.5, 0.6) is 0 Å². The van der Waals surface area contributed by atoms with Crippen LogP contribution in [0.2, 0.25) is 0 Å². The average molecular weight is 429 g/mol. The monoisotopic (exact) mass is 428 g/mol. The third kappa shape index (κ3) is 2.98. The van der Waals surface area contributed by atoms with E-state index in [1.54, 1.807) is 23.1 Å². The number of amides is 1. The van der Waals surface area contributed by atoms with Crippen LogP contribution in [-0.4, -0.2) is 38.3 Å². The minimum Gasteiger partial charge on any atom is -0.307 e. The van der Waals surface area contributed by atoms with Gasteiger partial charge in [0.25, 0.3) is 5.91 Å². The van der Waals surface area contributed by atoms with Crippen molar-refractivity contribution < 1.29 is 17.6 Å². The van der Waals surface area contributed by atoms with Crippen molar-refractivity contribution in [2.45, 2.75) is 48.8 Å². The zero-order valence-electron chi connectivity index (χ0n) is 16.8. The van der Waals surface area contributed by atoms with E-state index in [4.69, 9.17) is 0 Å². The Kier molecular flexibility index (Phi) is 4.71. The summed E-state index contributed by atoms with van der Waals surface area (Å²) in [6.45, 7) is 1.57. The highest BCUT2D eigenvalue weighted by Crippen LogP contribution is 2.51. The number of carbonyl (C=O) groups excluding carboxylic acids is 1. The predicted molar refractivity (Wildman–Crippen MR) is 113 cm³/mol. The van der Waals surface area contributed by atoms with Crippen molar-refractivity contribution in [3.63, 3.8) is 0 Å². The van der Waals surface area contributed by atoms with Crippen molar-refractivity contribution in [3.05, 3.63) is 59.4 Å². The summed E-state index contributed by atoms with van der Waals surface area (Å²) in [5.74, 6) is -0.451. The van der Waals surface area contributed by atoms with E-state index >= 15 is 0 Å². The Bertz CT molecular complexity index is 1090. The van der Waals surface area contributed by atoms with Gasteiger partial charge in [-0.2, -0.15) is 4.31 Å². The fraction of sp³-hybridized carbons (Fsp3) is 0.435. The van der Waals surface area contributed by atoms with E-state index in [1.165, 1.54) is 22.5 Å². The first-order valence-electron chi connectivity index (χ1n) is 10.6. The van der Waals surface area contributed by atoms with Crippen LogP contribution in [-0.2, 0) is 15.4 Å². The van der Waals surface area contributed by atoms with Gasteiger partial charge in [0.1, 0.15) is 5.82 Å². The van der Waals surface area contributed by atoms with Crippen LogP contribution in [0.25, 0.3) is 0 Å². The molecule has 2 heterocycles. The lowest BCUT2D eigenvalue weighted by Gasteiger charge is -2.25. The topological polar surface area (TPSA) is 57.7 Å². The molecule has 158 valence electrons. The molecule has 1 saturated heterocycles. The van der Waals surface area contributed by atoms with Crippen LogP contribution in [0.1, 0.15) is 54.4 Å². The maximum absolute atomic E-state index is 14.7. The van der Waals surface area contributed by atoms with Crippen molar-refractivity contribution in [3.8, 4) is 0 Å². The molecule has 1 aliphatic carbocycles. The van der Waals surface area contributed by atoms with E-state index in [-0.39, 0.29) is 22.0 Å². The van der Waals surface area contributed by atoms with Crippen LogP contribution in [0.15, 0.2) is 47.4 Å². The molecule has 5 rings (SSSR count). The minimum absolute atomic E-state index is 0.209. The molecule has 2 aromatic carbocycles. The standard InChI is InChI=1S/C23H25FN2O3S/c24-19-6-5-7-20-21(19)23(12-1-2-13-23)16-26(20)22(27)17-8-10-18(11-9-17)30(28,29)25-14-3-4-15-25/h5-11H,1-4,12-16H2. The average Bonchev–Trinajstić information content (AvgIpc) is 3.50. The summed E-state index contributed by atoms with van der Waals surface area (Å²) < 4.78 is 41.7. The van der Waals surface area contributed by atoms with Gasteiger partial charge in [-0.15, -0.1) is 0 Å². The maximum atomic E-state index is 14.7. The van der Waals surface area contributed by atoms with Crippen LogP contribution in [0.4, 0.5) is 10.1 Å². The molecular formula is C23H25FN2O3S. The molecule has 30 heavy (non-hydrogen) atoms. The molecule has 0 N–H and O–H groups in total. The highest BCUT2D eigenvalue weighted by molar-refractivity contribution is 7.89. The number of anilines is 1. The van der Waals surface area contributed by atoms with Crippen molar-refractivity contribution in [1.82, 2.24) is 4.31 Å². The van der Waals surface area contributed by atoms with Gasteiger partial charge >= 0.3 is 0 Å². The molecular weight excluding hydrogens is 403 g/mol. The Balaban J connectivity index is 1.45. The van der Waals surface area contributed by atoms with Gasteiger partial charge in [0.15, 0.2) is 0 Å². The molecule has 0 aromatic heterocycles. The van der Waals surface area contributed by atoms with Crippen molar-refractivity contribution >= 4 is 21.6 Å². The van der Waals surface area contributed by atoms with Gasteiger partial charge in [0.2, 0.25) is 10.0 Å². The SMILES string of the molecule is O=C(c1ccc(S(=O)(=O)N2CCCC2)cc1)N1CC2(CCCC2)c2c(F)cccc21. The molecule has 0 unspecified atom stereocenters. The minimum atomic E-state index is -3.51. The maximum Gasteiger partial charge on any atom is 0.258 e. The van der Waals surface area contributed by atoms with E-state index < -0.39 is 10.0 Å². The highest BCUT2D eigenvalue weighted by Gasteiger charge is 2.48. The molecule has 5 nitrogen and oxygen atoms in total. The zero-order valence-corrected chi connectivity index (χ0v) is 17.6. The summed E-state index contributed by atoms with van der Waals surface area (Å²) in [5.41, 5.74) is 1.44. The van der Waals surface area contributed by atoms with E-state index in [9.17, 15) is 17.6 Å². The Morgan fingerprint density at radius 1 is 0.933 bits per heavy atom. The predicted octanol–water partition coefficient (Wildman–Crippen LogP) is 4.08. The molecule has 0 radical (unpaired) electrons. The van der Waals surface area contributed by atoms with Crippen molar-refractivity contribution in [2.75, 3.05) is 24.5 Å². The Hall–Kier alpha value is -2.25. The van der Waals surface area contributed by atoms with Gasteiger partial charge in [0, 0.05) is 36.2 Å². The number of hydrogen-bond acceptors (Lipinski definition) is 3. The molecule has 1 saturated carbocycles. The first-order chi connectivity index (χ1) is 14.4. The third-order valence-electron chi connectivity index (χ3n) is 6.88. The first kappa shape index (κ1) is 19.7. The molecule has 2 aliphatic heterocycles. The van der Waals surface area contributed by atoms with E-state index in [2.05, 4.69) is 0 Å². The summed E-state index contributed by atoms with van der Waals surface area (Å²) in [5, 5.41) is 0. The number of rotatable bonds is 3. The molecule has 7 heteroatoms. The van der Waals surface area contributed by atoms with Crippen LogP contribution < -0.4 is 4.90 Å². The second-order valence-corrected chi connectivity index (χ2v) is 10.6. The summed E-state index contributed by atoms with van der Waals surface area (Å²) in [4.78, 5) is 15.2. The van der Waals surface area contributed by atoms with E-state index in [1.807, 2.05) is 6.07 Å². The Labute approximate surface area is 176 Å².